The maximum atomic E-state index is 13.0. The van der Waals surface area contributed by atoms with Gasteiger partial charge in [-0.15, -0.1) is 0 Å². The third kappa shape index (κ3) is 3.76. The van der Waals surface area contributed by atoms with Gasteiger partial charge in [-0.3, -0.25) is 0 Å². The summed E-state index contributed by atoms with van der Waals surface area (Å²) in [4.78, 5) is 19.1. The molecule has 0 aliphatic carbocycles. The van der Waals surface area contributed by atoms with Crippen LogP contribution in [-0.2, 0) is 6.18 Å². The Hall–Kier alpha value is -3.33. The molecule has 1 N–H and O–H groups in total. The molecule has 4 aromatic rings. The van der Waals surface area contributed by atoms with E-state index in [1.54, 1.807) is 6.07 Å². The lowest BCUT2D eigenvalue weighted by atomic mass is 10.1. The smallest absolute Gasteiger partial charge is 0.416 e. The lowest BCUT2D eigenvalue weighted by molar-refractivity contribution is -0.137. The summed E-state index contributed by atoms with van der Waals surface area (Å²) in [5.74, 6) is 0. The van der Waals surface area contributed by atoms with E-state index in [9.17, 15) is 18.0 Å². The number of rotatable bonds is 2. The molecule has 0 radical (unpaired) electrons. The van der Waals surface area contributed by atoms with Gasteiger partial charge in [0.15, 0.2) is 0 Å². The van der Waals surface area contributed by atoms with Gasteiger partial charge in [-0.05, 0) is 43.3 Å². The molecule has 0 unspecified atom stereocenters. The lowest BCUT2D eigenvalue weighted by Gasteiger charge is -2.22. The summed E-state index contributed by atoms with van der Waals surface area (Å²) in [5.41, 5.74) is 0.648. The van der Waals surface area contributed by atoms with Crippen LogP contribution in [0.5, 0.6) is 0 Å². The Bertz CT molecular complexity index is 1320. The van der Waals surface area contributed by atoms with E-state index in [2.05, 4.69) is 15.2 Å². The normalized spacial score (nSPS) is 15.5. The highest BCUT2D eigenvalue weighted by molar-refractivity contribution is 5.84. The van der Waals surface area contributed by atoms with Crippen molar-refractivity contribution in [3.05, 3.63) is 64.8 Å². The molecule has 1 aliphatic heterocycles. The third-order valence-electron chi connectivity index (χ3n) is 5.49. The zero-order valence-electron chi connectivity index (χ0n) is 16.4. The molecule has 6 nitrogen and oxygen atoms in total. The van der Waals surface area contributed by atoms with Gasteiger partial charge in [-0.25, -0.2) is 9.78 Å². The summed E-state index contributed by atoms with van der Waals surface area (Å²) in [7, 11) is 0. The van der Waals surface area contributed by atoms with Crippen LogP contribution in [0, 0.1) is 0 Å². The second-order valence-corrected chi connectivity index (χ2v) is 7.57. The fourth-order valence-electron chi connectivity index (χ4n) is 3.87. The molecule has 1 aromatic carbocycles. The average molecular weight is 428 g/mol. The number of hydrogen-bond donors (Lipinski definition) is 1. The fraction of sp³-hybridized carbons (Fsp3) is 0.273. The van der Waals surface area contributed by atoms with Crippen molar-refractivity contribution in [1.29, 1.82) is 0 Å². The number of hydrogen-bond acceptors (Lipinski definition) is 5. The van der Waals surface area contributed by atoms with Crippen molar-refractivity contribution in [2.75, 3.05) is 31.1 Å². The van der Waals surface area contributed by atoms with Crippen LogP contribution in [0.3, 0.4) is 0 Å². The van der Waals surface area contributed by atoms with Crippen LogP contribution in [0.4, 0.5) is 18.9 Å². The number of anilines is 1. The molecule has 3 aromatic heterocycles. The SMILES string of the molecule is O=c1oc2cc(N3CCCNCC3)ccc2cc1-c1cn2ccc(C(F)(F)F)cc2n1. The molecule has 5 rings (SSSR count). The van der Waals surface area contributed by atoms with Crippen LogP contribution in [0.1, 0.15) is 12.0 Å². The molecule has 1 saturated heterocycles. The van der Waals surface area contributed by atoms with Gasteiger partial charge in [-0.1, -0.05) is 0 Å². The Morgan fingerprint density at radius 1 is 1.06 bits per heavy atom. The Morgan fingerprint density at radius 2 is 1.94 bits per heavy atom. The molecular formula is C22H19F3N4O2. The van der Waals surface area contributed by atoms with E-state index < -0.39 is 17.4 Å². The minimum atomic E-state index is -4.46. The first kappa shape index (κ1) is 19.6. The highest BCUT2D eigenvalue weighted by atomic mass is 19.4. The molecule has 31 heavy (non-hydrogen) atoms. The van der Waals surface area contributed by atoms with Crippen molar-refractivity contribution in [3.63, 3.8) is 0 Å². The van der Waals surface area contributed by atoms with Gasteiger partial charge in [0.1, 0.15) is 11.2 Å². The van der Waals surface area contributed by atoms with Gasteiger partial charge in [0.2, 0.25) is 0 Å². The number of fused-ring (bicyclic) bond motifs is 2. The van der Waals surface area contributed by atoms with Crippen LogP contribution in [0.2, 0.25) is 0 Å². The first-order chi connectivity index (χ1) is 14.9. The van der Waals surface area contributed by atoms with Crippen molar-refractivity contribution in [2.45, 2.75) is 12.6 Å². The van der Waals surface area contributed by atoms with E-state index in [1.165, 1.54) is 16.8 Å². The van der Waals surface area contributed by atoms with Crippen molar-refractivity contribution >= 4 is 22.3 Å². The van der Waals surface area contributed by atoms with Gasteiger partial charge >= 0.3 is 11.8 Å². The number of halogens is 3. The Kier molecular flexibility index (Phi) is 4.70. The molecule has 9 heteroatoms. The van der Waals surface area contributed by atoms with Crippen molar-refractivity contribution in [2.24, 2.45) is 0 Å². The standard InChI is InChI=1S/C22H19F3N4O2/c23-22(24,25)15-4-8-29-13-18(27-20(29)11-15)17-10-14-2-3-16(12-19(14)31-21(17)30)28-7-1-5-26-6-9-28/h2-4,8,10-13,26H,1,5-7,9H2. The first-order valence-electron chi connectivity index (χ1n) is 9.98. The summed E-state index contributed by atoms with van der Waals surface area (Å²) in [6.07, 6.45) is -0.631. The molecule has 0 amide bonds. The Balaban J connectivity index is 1.53. The van der Waals surface area contributed by atoms with Gasteiger partial charge < -0.3 is 19.0 Å². The summed E-state index contributed by atoms with van der Waals surface area (Å²) >= 11 is 0. The highest BCUT2D eigenvalue weighted by Gasteiger charge is 2.31. The van der Waals surface area contributed by atoms with Crippen LogP contribution >= 0.6 is 0 Å². The maximum absolute atomic E-state index is 13.0. The van der Waals surface area contributed by atoms with E-state index in [4.69, 9.17) is 4.42 Å². The van der Waals surface area contributed by atoms with E-state index >= 15 is 0 Å². The van der Waals surface area contributed by atoms with Gasteiger partial charge in [0.25, 0.3) is 0 Å². The zero-order chi connectivity index (χ0) is 21.6. The number of pyridine rings is 1. The summed E-state index contributed by atoms with van der Waals surface area (Å²) in [6, 6.07) is 9.31. The van der Waals surface area contributed by atoms with Crippen molar-refractivity contribution in [1.82, 2.24) is 14.7 Å². The van der Waals surface area contributed by atoms with Crippen LogP contribution < -0.4 is 15.8 Å². The second kappa shape index (κ2) is 7.42. The fourth-order valence-corrected chi connectivity index (χ4v) is 3.87. The summed E-state index contributed by atoms with van der Waals surface area (Å²) in [6.45, 7) is 3.66. The van der Waals surface area contributed by atoms with E-state index in [0.717, 1.165) is 55.8 Å². The third-order valence-corrected chi connectivity index (χ3v) is 5.49. The molecule has 1 fully saturated rings. The number of nitrogens with zero attached hydrogens (tertiary/aromatic N) is 3. The number of nitrogens with one attached hydrogen (secondary N) is 1. The van der Waals surface area contributed by atoms with Crippen LogP contribution in [-0.4, -0.2) is 35.6 Å². The molecule has 0 bridgehead atoms. The van der Waals surface area contributed by atoms with Gasteiger partial charge in [-0.2, -0.15) is 13.2 Å². The van der Waals surface area contributed by atoms with Crippen LogP contribution in [0.15, 0.2) is 58.0 Å². The molecule has 0 spiro atoms. The summed E-state index contributed by atoms with van der Waals surface area (Å²) < 4.78 is 45.9. The van der Waals surface area contributed by atoms with Gasteiger partial charge in [0.05, 0.1) is 16.8 Å². The van der Waals surface area contributed by atoms with Crippen LogP contribution in [0.25, 0.3) is 27.9 Å². The molecule has 4 heterocycles. The first-order valence-corrected chi connectivity index (χ1v) is 9.98. The quantitative estimate of drug-likeness (QED) is 0.491. The topological polar surface area (TPSA) is 62.8 Å². The predicted molar refractivity (Wildman–Crippen MR) is 111 cm³/mol. The summed E-state index contributed by atoms with van der Waals surface area (Å²) in [5, 5.41) is 4.08. The zero-order valence-corrected chi connectivity index (χ0v) is 16.4. The molecule has 1 aliphatic rings. The highest BCUT2D eigenvalue weighted by Crippen LogP contribution is 2.30. The average Bonchev–Trinajstić information content (AvgIpc) is 2.96. The van der Waals surface area contributed by atoms with E-state index in [-0.39, 0.29) is 16.9 Å². The number of benzene rings is 1. The maximum Gasteiger partial charge on any atom is 0.416 e. The van der Waals surface area contributed by atoms with Crippen molar-refractivity contribution in [3.8, 4) is 11.3 Å². The monoisotopic (exact) mass is 428 g/mol. The molecule has 0 saturated carbocycles. The van der Waals surface area contributed by atoms with E-state index in [1.807, 2.05) is 18.2 Å². The Morgan fingerprint density at radius 3 is 2.77 bits per heavy atom. The molecule has 0 atom stereocenters. The predicted octanol–water partition coefficient (Wildman–Crippen LogP) is 3.93. The second-order valence-electron chi connectivity index (χ2n) is 7.57. The molecular weight excluding hydrogens is 409 g/mol. The minimum Gasteiger partial charge on any atom is -0.422 e. The molecule has 160 valence electrons. The van der Waals surface area contributed by atoms with Crippen molar-refractivity contribution < 1.29 is 17.6 Å². The van der Waals surface area contributed by atoms with E-state index in [0.29, 0.717) is 5.58 Å². The Labute approximate surface area is 174 Å². The number of aromatic nitrogens is 2. The largest absolute Gasteiger partial charge is 0.422 e. The number of imidazole rings is 1. The minimum absolute atomic E-state index is 0.106. The lowest BCUT2D eigenvalue weighted by Crippen LogP contribution is -2.27. The van der Waals surface area contributed by atoms with Gasteiger partial charge in [0, 0.05) is 49.2 Å². The number of alkyl halides is 3.